The maximum Gasteiger partial charge on any atom is 0.221 e. The van der Waals surface area contributed by atoms with Gasteiger partial charge in [-0.05, 0) is 37.5 Å². The van der Waals surface area contributed by atoms with Crippen LogP contribution in [0.3, 0.4) is 0 Å². The van der Waals surface area contributed by atoms with Gasteiger partial charge < -0.3 is 26.6 Å². The van der Waals surface area contributed by atoms with Crippen molar-refractivity contribution in [1.29, 1.82) is 0 Å². The summed E-state index contributed by atoms with van der Waals surface area (Å²) < 4.78 is 5.36. The number of nitrogen functional groups attached to an aromatic ring is 1. The molecule has 4 rings (SSSR count). The highest BCUT2D eigenvalue weighted by molar-refractivity contribution is 5.93. The molecule has 150 valence electrons. The van der Waals surface area contributed by atoms with E-state index in [2.05, 4.69) is 20.3 Å². The number of hydrogen-bond donors (Lipinski definition) is 4. The minimum Gasteiger partial charge on any atom is -0.494 e. The number of ether oxygens (including phenoxy) is 1. The molecule has 1 fully saturated rings. The first kappa shape index (κ1) is 18.9. The maximum atomic E-state index is 10.5. The van der Waals surface area contributed by atoms with E-state index in [9.17, 15) is 5.11 Å². The lowest BCUT2D eigenvalue weighted by molar-refractivity contribution is -0.0427. The molecular weight excluding hydrogens is 368 g/mol. The zero-order valence-corrected chi connectivity index (χ0v) is 16.2. The van der Waals surface area contributed by atoms with Gasteiger partial charge in [-0.3, -0.25) is 4.98 Å². The number of fused-ring (bicyclic) bond motifs is 1. The fourth-order valence-electron chi connectivity index (χ4n) is 3.47. The molecule has 1 saturated carbocycles. The van der Waals surface area contributed by atoms with Gasteiger partial charge in [0.05, 0.1) is 30.7 Å². The van der Waals surface area contributed by atoms with Crippen LogP contribution in [0.15, 0.2) is 42.6 Å². The summed E-state index contributed by atoms with van der Waals surface area (Å²) in [6.07, 6.45) is 4.22. The van der Waals surface area contributed by atoms with Gasteiger partial charge in [-0.25, -0.2) is 9.97 Å². The van der Waals surface area contributed by atoms with Gasteiger partial charge in [0, 0.05) is 11.6 Å². The third-order valence-electron chi connectivity index (χ3n) is 5.21. The van der Waals surface area contributed by atoms with Crippen molar-refractivity contribution in [1.82, 2.24) is 20.3 Å². The summed E-state index contributed by atoms with van der Waals surface area (Å²) in [5, 5.41) is 14.4. The number of rotatable bonds is 6. The molecule has 8 heteroatoms. The molecule has 2 heterocycles. The number of nitrogens with zero attached hydrogens (tertiary/aromatic N) is 3. The molecule has 3 aromatic rings. The number of aromatic nitrogens is 3. The van der Waals surface area contributed by atoms with Gasteiger partial charge in [0.15, 0.2) is 0 Å². The van der Waals surface area contributed by atoms with Crippen molar-refractivity contribution in [2.45, 2.75) is 31.4 Å². The van der Waals surface area contributed by atoms with E-state index in [0.717, 1.165) is 36.0 Å². The Morgan fingerprint density at radius 3 is 2.72 bits per heavy atom. The van der Waals surface area contributed by atoms with Gasteiger partial charge in [-0.1, -0.05) is 18.2 Å². The lowest BCUT2D eigenvalue weighted by Crippen LogP contribution is -2.34. The fraction of sp³-hybridized carbons (Fsp3) is 0.286. The number of hydrogen-bond acceptors (Lipinski definition) is 8. The van der Waals surface area contributed by atoms with Crippen LogP contribution in [0.5, 0.6) is 5.75 Å². The molecule has 6 N–H and O–H groups in total. The zero-order valence-electron chi connectivity index (χ0n) is 16.2. The number of benzene rings is 1. The largest absolute Gasteiger partial charge is 0.494 e. The minimum absolute atomic E-state index is 0.122. The SMILES string of the molecule is COc1cccc2c(/C(N)=C/NCc3cccc(C4(O)CCC4)n3)nc(N)nc12. The molecule has 0 bridgehead atoms. The van der Waals surface area contributed by atoms with E-state index in [1.165, 1.54) is 0 Å². The summed E-state index contributed by atoms with van der Waals surface area (Å²) in [7, 11) is 1.58. The van der Waals surface area contributed by atoms with E-state index >= 15 is 0 Å². The van der Waals surface area contributed by atoms with E-state index in [0.29, 0.717) is 29.2 Å². The number of para-hydroxylation sites is 1. The highest BCUT2D eigenvalue weighted by Gasteiger charge is 2.37. The molecule has 2 aromatic heterocycles. The molecule has 1 aliphatic carbocycles. The monoisotopic (exact) mass is 392 g/mol. The average Bonchev–Trinajstić information content (AvgIpc) is 2.71. The summed E-state index contributed by atoms with van der Waals surface area (Å²) in [6.45, 7) is 0.465. The summed E-state index contributed by atoms with van der Waals surface area (Å²) in [6, 6.07) is 11.2. The molecule has 0 amide bonds. The lowest BCUT2D eigenvalue weighted by atomic mass is 9.77. The molecule has 8 nitrogen and oxygen atoms in total. The highest BCUT2D eigenvalue weighted by atomic mass is 16.5. The molecule has 0 saturated heterocycles. The predicted molar refractivity (Wildman–Crippen MR) is 111 cm³/mol. The van der Waals surface area contributed by atoms with Crippen LogP contribution in [0.25, 0.3) is 16.6 Å². The van der Waals surface area contributed by atoms with Gasteiger partial charge in [0.25, 0.3) is 0 Å². The van der Waals surface area contributed by atoms with Crippen LogP contribution < -0.4 is 21.5 Å². The van der Waals surface area contributed by atoms with Crippen LogP contribution in [-0.2, 0) is 12.1 Å². The van der Waals surface area contributed by atoms with Crippen LogP contribution in [0, 0.1) is 0 Å². The third kappa shape index (κ3) is 3.66. The van der Waals surface area contributed by atoms with Crippen molar-refractivity contribution in [3.05, 3.63) is 59.7 Å². The predicted octanol–water partition coefficient (Wildman–Crippen LogP) is 2.03. The molecular formula is C21H24N6O2. The van der Waals surface area contributed by atoms with E-state index in [4.69, 9.17) is 16.2 Å². The first-order valence-electron chi connectivity index (χ1n) is 9.48. The molecule has 1 aromatic carbocycles. The number of aliphatic hydroxyl groups is 1. The standard InChI is InChI=1S/C21H24N6O2/c1-29-16-7-3-6-14-18(26-20(23)27-19(14)16)15(22)12-24-11-13-5-2-8-17(25-13)21(28)9-4-10-21/h2-3,5-8,12,24,28H,4,9-11,22H2,1H3,(H2,23,26,27)/b15-12-. The minimum atomic E-state index is -0.776. The molecule has 1 aliphatic rings. The van der Waals surface area contributed by atoms with Crippen molar-refractivity contribution in [3.8, 4) is 5.75 Å². The van der Waals surface area contributed by atoms with Crippen molar-refractivity contribution in [3.63, 3.8) is 0 Å². The first-order valence-corrected chi connectivity index (χ1v) is 9.48. The highest BCUT2D eigenvalue weighted by Crippen LogP contribution is 2.39. The number of nitrogens with two attached hydrogens (primary N) is 2. The van der Waals surface area contributed by atoms with Crippen LogP contribution >= 0.6 is 0 Å². The number of anilines is 1. The van der Waals surface area contributed by atoms with E-state index in [-0.39, 0.29) is 5.95 Å². The first-order chi connectivity index (χ1) is 14.0. The zero-order chi connectivity index (χ0) is 20.4. The number of methoxy groups -OCH3 is 1. The Morgan fingerprint density at radius 1 is 1.21 bits per heavy atom. The molecule has 29 heavy (non-hydrogen) atoms. The van der Waals surface area contributed by atoms with Crippen molar-refractivity contribution < 1.29 is 9.84 Å². The van der Waals surface area contributed by atoms with Gasteiger partial charge >= 0.3 is 0 Å². The van der Waals surface area contributed by atoms with Crippen LogP contribution in [-0.4, -0.2) is 27.2 Å². The molecule has 0 spiro atoms. The Hall–Kier alpha value is -3.39. The maximum absolute atomic E-state index is 10.5. The van der Waals surface area contributed by atoms with Gasteiger partial charge in [-0.15, -0.1) is 0 Å². The van der Waals surface area contributed by atoms with Gasteiger partial charge in [0.2, 0.25) is 5.95 Å². The van der Waals surface area contributed by atoms with E-state index in [1.54, 1.807) is 13.3 Å². The summed E-state index contributed by atoms with van der Waals surface area (Å²) >= 11 is 0. The smallest absolute Gasteiger partial charge is 0.221 e. The molecule has 0 radical (unpaired) electrons. The van der Waals surface area contributed by atoms with Crippen LogP contribution in [0.1, 0.15) is 36.3 Å². The second kappa shape index (κ2) is 7.56. The lowest BCUT2D eigenvalue weighted by Gasteiger charge is -2.36. The van der Waals surface area contributed by atoms with Crippen molar-refractivity contribution in [2.75, 3.05) is 12.8 Å². The van der Waals surface area contributed by atoms with E-state index < -0.39 is 5.60 Å². The topological polar surface area (TPSA) is 132 Å². The quantitative estimate of drug-likeness (QED) is 0.501. The van der Waals surface area contributed by atoms with Crippen LogP contribution in [0.2, 0.25) is 0 Å². The molecule has 0 aliphatic heterocycles. The summed E-state index contributed by atoms with van der Waals surface area (Å²) in [4.78, 5) is 13.1. The van der Waals surface area contributed by atoms with Gasteiger partial charge in [-0.2, -0.15) is 0 Å². The van der Waals surface area contributed by atoms with Crippen molar-refractivity contribution in [2.24, 2.45) is 5.73 Å². The van der Waals surface area contributed by atoms with Gasteiger partial charge in [0.1, 0.15) is 22.6 Å². The number of pyridine rings is 1. The second-order valence-corrected chi connectivity index (χ2v) is 7.17. The fourth-order valence-corrected chi connectivity index (χ4v) is 3.47. The Kier molecular flexibility index (Phi) is 4.94. The Bertz CT molecular complexity index is 1080. The number of nitrogens with one attached hydrogen (secondary N) is 1. The normalized spacial score (nSPS) is 15.7. The average molecular weight is 392 g/mol. The Balaban J connectivity index is 1.55. The summed E-state index contributed by atoms with van der Waals surface area (Å²) in [5.41, 5.74) is 14.5. The summed E-state index contributed by atoms with van der Waals surface area (Å²) in [5.74, 6) is 0.727. The molecule has 0 unspecified atom stereocenters. The Labute approximate surface area is 168 Å². The van der Waals surface area contributed by atoms with Crippen LogP contribution in [0.4, 0.5) is 5.95 Å². The second-order valence-electron chi connectivity index (χ2n) is 7.17. The Morgan fingerprint density at radius 2 is 2.00 bits per heavy atom. The van der Waals surface area contributed by atoms with E-state index in [1.807, 2.05) is 36.4 Å². The molecule has 0 atom stereocenters. The van der Waals surface area contributed by atoms with Crippen molar-refractivity contribution >= 4 is 22.5 Å². The third-order valence-corrected chi connectivity index (χ3v) is 5.21.